The van der Waals surface area contributed by atoms with Crippen LogP contribution in [0.25, 0.3) is 0 Å². The fraction of sp³-hybridized carbons (Fsp3) is 0.143. The van der Waals surface area contributed by atoms with Gasteiger partial charge in [-0.3, -0.25) is 9.78 Å². The summed E-state index contributed by atoms with van der Waals surface area (Å²) < 4.78 is 0. The molecule has 1 amide bonds. The van der Waals surface area contributed by atoms with Crippen molar-refractivity contribution in [2.75, 3.05) is 0 Å². The van der Waals surface area contributed by atoms with Crippen LogP contribution in [0, 0.1) is 0 Å². The van der Waals surface area contributed by atoms with Gasteiger partial charge in [0.05, 0.1) is 11.3 Å². The maximum atomic E-state index is 11.2. The summed E-state index contributed by atoms with van der Waals surface area (Å²) >= 11 is 0. The van der Waals surface area contributed by atoms with E-state index in [0.29, 0.717) is 5.69 Å². The Bertz CT molecular complexity index is 400. The minimum absolute atomic E-state index is 0.105. The molecule has 0 atom stereocenters. The van der Waals surface area contributed by atoms with Crippen LogP contribution in [0.4, 0.5) is 0 Å². The van der Waals surface area contributed by atoms with E-state index in [9.17, 15) is 4.79 Å². The van der Waals surface area contributed by atoms with Crippen molar-refractivity contribution in [2.24, 2.45) is 32.5 Å². The van der Waals surface area contributed by atoms with Gasteiger partial charge >= 0.3 is 0 Å². The fourth-order valence-electron chi connectivity index (χ4n) is 0.875. The van der Waals surface area contributed by atoms with Gasteiger partial charge in [-0.05, 0) is 17.4 Å². The fourth-order valence-corrected chi connectivity index (χ4v) is 0.875. The number of hydrogen-bond acceptors (Lipinski definition) is 6. The molecule has 84 valence electrons. The quantitative estimate of drug-likeness (QED) is 0.429. The van der Waals surface area contributed by atoms with Crippen LogP contribution in [0.1, 0.15) is 16.1 Å². The van der Waals surface area contributed by atoms with Crippen molar-refractivity contribution in [3.05, 3.63) is 29.6 Å². The molecule has 0 fully saturated rings. The second-order valence-electron chi connectivity index (χ2n) is 2.53. The highest BCUT2D eigenvalue weighted by atomic mass is 16.6. The summed E-state index contributed by atoms with van der Waals surface area (Å²) in [6.45, 7) is 0.105. The summed E-state index contributed by atoms with van der Waals surface area (Å²) in [5, 5.41) is 12.0. The van der Waals surface area contributed by atoms with Gasteiger partial charge in [-0.25, -0.2) is 0 Å². The van der Waals surface area contributed by atoms with Gasteiger partial charge < -0.3 is 16.5 Å². The molecular formula is C7H9N7O2. The van der Waals surface area contributed by atoms with Crippen molar-refractivity contribution in [3.63, 3.8) is 0 Å². The molecule has 1 aromatic rings. The van der Waals surface area contributed by atoms with Crippen molar-refractivity contribution in [1.82, 2.24) is 4.98 Å². The van der Waals surface area contributed by atoms with Gasteiger partial charge in [0.1, 0.15) is 0 Å². The Hall–Kier alpha value is -2.58. The second-order valence-corrected chi connectivity index (χ2v) is 2.53. The van der Waals surface area contributed by atoms with E-state index in [-0.39, 0.29) is 12.2 Å². The lowest BCUT2D eigenvalue weighted by Gasteiger charge is -1.98. The number of hydrogen-bond donors (Lipinski definition) is 2. The third-order valence-corrected chi connectivity index (χ3v) is 1.54. The van der Waals surface area contributed by atoms with Gasteiger partial charge in [-0.2, -0.15) is 0 Å². The van der Waals surface area contributed by atoms with Gasteiger partial charge in [0.25, 0.3) is 5.91 Å². The molecular weight excluding hydrogens is 214 g/mol. The van der Waals surface area contributed by atoms with E-state index < -0.39 is 5.91 Å². The van der Waals surface area contributed by atoms with Crippen LogP contribution in [-0.4, -0.2) is 10.9 Å². The normalized spacial score (nSPS) is 11.0. The van der Waals surface area contributed by atoms with E-state index in [2.05, 4.69) is 30.7 Å². The van der Waals surface area contributed by atoms with Crippen LogP contribution in [0.3, 0.4) is 0 Å². The first-order valence-corrected chi connectivity index (χ1v) is 4.10. The van der Waals surface area contributed by atoms with Crippen molar-refractivity contribution in [3.8, 4) is 0 Å². The Balaban J connectivity index is 2.64. The van der Waals surface area contributed by atoms with Gasteiger partial charge in [0.15, 0.2) is 6.61 Å². The molecule has 1 heterocycles. The number of rotatable bonds is 4. The van der Waals surface area contributed by atoms with E-state index >= 15 is 0 Å². The molecule has 0 saturated heterocycles. The standard InChI is InChI=1S/C7H9N7O2/c8-12-11-7(15)5-1-2-6(10-3-5)4-16-14-13-9/h1-3H,4H2,(H2,9,14)(H2,8,11,15). The van der Waals surface area contributed by atoms with E-state index in [0.717, 1.165) is 0 Å². The predicted octanol–water partition coefficient (Wildman–Crippen LogP) is 0.305. The number of carbonyl (C=O) groups excluding carboxylic acids is 1. The maximum absolute atomic E-state index is 11.2. The van der Waals surface area contributed by atoms with Gasteiger partial charge in [-0.1, -0.05) is 10.3 Å². The predicted molar refractivity (Wildman–Crippen MR) is 51.4 cm³/mol. The lowest BCUT2D eigenvalue weighted by atomic mass is 10.2. The molecule has 0 aliphatic rings. The molecule has 9 heteroatoms. The Morgan fingerprint density at radius 2 is 2.19 bits per heavy atom. The number of carbonyl (C=O) groups is 1. The highest BCUT2D eigenvalue weighted by Gasteiger charge is 2.04. The van der Waals surface area contributed by atoms with Gasteiger partial charge in [0.2, 0.25) is 0 Å². The van der Waals surface area contributed by atoms with Gasteiger partial charge in [-0.15, -0.1) is 0 Å². The lowest BCUT2D eigenvalue weighted by Crippen LogP contribution is -1.98. The molecule has 0 spiro atoms. The Labute approximate surface area is 90.1 Å². The Kier molecular flexibility index (Phi) is 4.32. The SMILES string of the molecule is NN=NOCc1ccc(C(=O)N=NN)cn1. The molecule has 0 aromatic carbocycles. The molecule has 0 radical (unpaired) electrons. The summed E-state index contributed by atoms with van der Waals surface area (Å²) in [6.07, 6.45) is 1.33. The molecule has 1 rings (SSSR count). The van der Waals surface area contributed by atoms with Crippen LogP contribution in [0.15, 0.2) is 39.2 Å². The molecule has 0 unspecified atom stereocenters. The first kappa shape index (κ1) is 11.5. The largest absolute Gasteiger partial charge is 0.372 e. The molecule has 0 saturated carbocycles. The Morgan fingerprint density at radius 1 is 1.38 bits per heavy atom. The number of nitrogens with zero attached hydrogens (tertiary/aromatic N) is 5. The van der Waals surface area contributed by atoms with Crippen LogP contribution in [-0.2, 0) is 11.4 Å². The zero-order valence-electron chi connectivity index (χ0n) is 8.15. The van der Waals surface area contributed by atoms with Crippen molar-refractivity contribution >= 4 is 5.91 Å². The highest BCUT2D eigenvalue weighted by Crippen LogP contribution is 2.03. The molecule has 0 aliphatic heterocycles. The zero-order valence-corrected chi connectivity index (χ0v) is 8.15. The molecule has 4 N–H and O–H groups in total. The molecule has 16 heavy (non-hydrogen) atoms. The average molecular weight is 223 g/mol. The second kappa shape index (κ2) is 6.01. The van der Waals surface area contributed by atoms with E-state index in [1.54, 1.807) is 6.07 Å². The van der Waals surface area contributed by atoms with Crippen LogP contribution in [0.5, 0.6) is 0 Å². The lowest BCUT2D eigenvalue weighted by molar-refractivity contribution is 0.0991. The molecule has 0 bridgehead atoms. The van der Waals surface area contributed by atoms with Crippen LogP contribution >= 0.6 is 0 Å². The molecule has 9 nitrogen and oxygen atoms in total. The first-order chi connectivity index (χ1) is 7.77. The van der Waals surface area contributed by atoms with Crippen LogP contribution < -0.4 is 11.7 Å². The van der Waals surface area contributed by atoms with Crippen molar-refractivity contribution < 1.29 is 9.63 Å². The third-order valence-electron chi connectivity index (χ3n) is 1.54. The number of pyridine rings is 1. The summed E-state index contributed by atoms with van der Waals surface area (Å²) in [5.74, 6) is 8.90. The summed E-state index contributed by atoms with van der Waals surface area (Å²) in [4.78, 5) is 19.7. The minimum atomic E-state index is -0.566. The van der Waals surface area contributed by atoms with E-state index in [1.807, 2.05) is 0 Å². The topological polar surface area (TPSA) is 141 Å². The molecule has 0 aliphatic carbocycles. The Morgan fingerprint density at radius 3 is 2.75 bits per heavy atom. The zero-order chi connectivity index (χ0) is 11.8. The monoisotopic (exact) mass is 223 g/mol. The van der Waals surface area contributed by atoms with Crippen molar-refractivity contribution in [1.29, 1.82) is 0 Å². The van der Waals surface area contributed by atoms with E-state index in [1.165, 1.54) is 12.3 Å². The van der Waals surface area contributed by atoms with Crippen LogP contribution in [0.2, 0.25) is 0 Å². The smallest absolute Gasteiger partial charge is 0.298 e. The molecule has 1 aromatic heterocycles. The summed E-state index contributed by atoms with van der Waals surface area (Å²) in [6, 6.07) is 3.09. The third kappa shape index (κ3) is 3.29. The van der Waals surface area contributed by atoms with Gasteiger partial charge in [0, 0.05) is 11.5 Å². The number of nitrogens with two attached hydrogens (primary N) is 2. The number of amides is 1. The minimum Gasteiger partial charge on any atom is -0.372 e. The average Bonchev–Trinajstić information content (AvgIpc) is 2.30. The van der Waals surface area contributed by atoms with Crippen molar-refractivity contribution in [2.45, 2.75) is 6.61 Å². The first-order valence-electron chi connectivity index (χ1n) is 4.10. The highest BCUT2D eigenvalue weighted by molar-refractivity contribution is 5.94. The van der Waals surface area contributed by atoms with E-state index in [4.69, 9.17) is 11.7 Å². The summed E-state index contributed by atoms with van der Waals surface area (Å²) in [7, 11) is 0. The number of aromatic nitrogens is 1. The maximum Gasteiger partial charge on any atom is 0.298 e. The summed E-state index contributed by atoms with van der Waals surface area (Å²) in [5.41, 5.74) is 0.840.